The number of carbonyl (C=O) groups excluding carboxylic acids is 1. The van der Waals surface area contributed by atoms with E-state index in [1.807, 2.05) is 26.0 Å². The Hall–Kier alpha value is -1.57. The van der Waals surface area contributed by atoms with Crippen LogP contribution in [-0.2, 0) is 14.3 Å². The van der Waals surface area contributed by atoms with Crippen molar-refractivity contribution in [2.75, 3.05) is 43.6 Å². The molecule has 34 heavy (non-hydrogen) atoms. The molecule has 0 saturated heterocycles. The van der Waals surface area contributed by atoms with Gasteiger partial charge in [-0.3, -0.25) is 4.79 Å². The molecular formula is C27H41NO4S2. The molecule has 0 radical (unpaired) electrons. The summed E-state index contributed by atoms with van der Waals surface area (Å²) in [5.41, 5.74) is 1.48. The first-order chi connectivity index (χ1) is 16.1. The van der Waals surface area contributed by atoms with Crippen molar-refractivity contribution in [3.63, 3.8) is 0 Å². The van der Waals surface area contributed by atoms with Crippen LogP contribution < -0.4 is 4.90 Å². The molecule has 1 unspecified atom stereocenters. The summed E-state index contributed by atoms with van der Waals surface area (Å²) in [6, 6.07) is 8.16. The molecule has 0 aliphatic carbocycles. The Kier molecular flexibility index (Phi) is 11.4. The normalized spacial score (nSPS) is 12.8. The third kappa shape index (κ3) is 7.99. The number of carbonyl (C=O) groups is 1. The summed E-state index contributed by atoms with van der Waals surface area (Å²) >= 11 is 7.02. The first kappa shape index (κ1) is 28.7. The molecule has 0 bridgehead atoms. The van der Waals surface area contributed by atoms with E-state index in [-0.39, 0.29) is 18.5 Å². The maximum atomic E-state index is 12.5. The van der Waals surface area contributed by atoms with Gasteiger partial charge in [0.15, 0.2) is 4.71 Å². The highest BCUT2D eigenvalue weighted by molar-refractivity contribution is 7.99. The van der Waals surface area contributed by atoms with Crippen molar-refractivity contribution < 1.29 is 18.7 Å². The maximum absolute atomic E-state index is 12.5. The van der Waals surface area contributed by atoms with Gasteiger partial charge in [-0.2, -0.15) is 0 Å². The van der Waals surface area contributed by atoms with E-state index in [1.54, 1.807) is 11.8 Å². The van der Waals surface area contributed by atoms with Crippen molar-refractivity contribution in [2.45, 2.75) is 59.8 Å². The van der Waals surface area contributed by atoms with Gasteiger partial charge in [-0.15, -0.1) is 11.8 Å². The highest BCUT2D eigenvalue weighted by Gasteiger charge is 2.35. The van der Waals surface area contributed by atoms with Crippen LogP contribution in [0.5, 0.6) is 0 Å². The van der Waals surface area contributed by atoms with Gasteiger partial charge in [0.05, 0.1) is 18.6 Å². The molecule has 1 aromatic carbocycles. The van der Waals surface area contributed by atoms with Crippen molar-refractivity contribution in [2.24, 2.45) is 17.3 Å². The van der Waals surface area contributed by atoms with Gasteiger partial charge >= 0.3 is 5.97 Å². The van der Waals surface area contributed by atoms with E-state index in [2.05, 4.69) is 51.7 Å². The summed E-state index contributed by atoms with van der Waals surface area (Å²) in [6.45, 7) is 17.9. The second-order valence-electron chi connectivity index (χ2n) is 9.63. The molecule has 0 N–H and O–H groups in total. The number of thioether (sulfide) groups is 1. The van der Waals surface area contributed by atoms with Gasteiger partial charge in [0.25, 0.3) is 0 Å². The molecule has 0 spiro atoms. The van der Waals surface area contributed by atoms with Crippen LogP contribution in [0.2, 0.25) is 0 Å². The van der Waals surface area contributed by atoms with Gasteiger partial charge in [-0.25, -0.2) is 0 Å². The number of anilines is 1. The summed E-state index contributed by atoms with van der Waals surface area (Å²) in [5, 5.41) is 1.06. The highest BCUT2D eigenvalue weighted by Crippen LogP contribution is 2.33. The summed E-state index contributed by atoms with van der Waals surface area (Å²) in [6.07, 6.45) is 1.000. The average molecular weight is 508 g/mol. The average Bonchev–Trinajstić information content (AvgIpc) is 2.78. The SMILES string of the molecule is CCN(CC)c1ccc2oc(=S)cc(SCCOCCOC(=O)C(C)(C)C(C)CC(C)C)c2c1. The Morgan fingerprint density at radius 1 is 1.12 bits per heavy atom. The Morgan fingerprint density at radius 2 is 1.82 bits per heavy atom. The minimum absolute atomic E-state index is 0.153. The van der Waals surface area contributed by atoms with E-state index in [0.29, 0.717) is 23.8 Å². The Balaban J connectivity index is 1.85. The van der Waals surface area contributed by atoms with E-state index in [1.165, 1.54) is 5.69 Å². The lowest BCUT2D eigenvalue weighted by Gasteiger charge is -2.30. The first-order valence-corrected chi connectivity index (χ1v) is 13.7. The number of fused-ring (bicyclic) bond motifs is 1. The number of esters is 1. The molecule has 1 atom stereocenters. The Labute approximate surface area is 214 Å². The molecule has 2 aromatic rings. The van der Waals surface area contributed by atoms with Gasteiger partial charge in [0.2, 0.25) is 0 Å². The van der Waals surface area contributed by atoms with E-state index < -0.39 is 5.41 Å². The number of rotatable bonds is 14. The fourth-order valence-corrected chi connectivity index (χ4v) is 5.13. The molecule has 0 saturated carbocycles. The van der Waals surface area contributed by atoms with Gasteiger partial charge in [0, 0.05) is 40.9 Å². The van der Waals surface area contributed by atoms with Crippen LogP contribution in [0.25, 0.3) is 11.0 Å². The van der Waals surface area contributed by atoms with Crippen molar-refractivity contribution in [3.05, 3.63) is 29.0 Å². The van der Waals surface area contributed by atoms with Crippen LogP contribution in [-0.4, -0.2) is 44.6 Å². The number of ether oxygens (including phenoxy) is 2. The maximum Gasteiger partial charge on any atom is 0.311 e. The predicted molar refractivity (Wildman–Crippen MR) is 146 cm³/mol. The second-order valence-corrected chi connectivity index (χ2v) is 11.2. The zero-order chi connectivity index (χ0) is 25.3. The van der Waals surface area contributed by atoms with Crippen molar-refractivity contribution in [1.29, 1.82) is 0 Å². The largest absolute Gasteiger partial charge is 0.463 e. The van der Waals surface area contributed by atoms with Crippen LogP contribution in [0.1, 0.15) is 54.9 Å². The van der Waals surface area contributed by atoms with Gasteiger partial charge < -0.3 is 18.8 Å². The summed E-state index contributed by atoms with van der Waals surface area (Å²) in [4.78, 5) is 15.9. The third-order valence-electron chi connectivity index (χ3n) is 6.35. The minimum Gasteiger partial charge on any atom is -0.463 e. The van der Waals surface area contributed by atoms with Crippen LogP contribution in [0.15, 0.2) is 33.6 Å². The molecule has 1 aromatic heterocycles. The fraction of sp³-hybridized carbons (Fsp3) is 0.630. The Bertz CT molecular complexity index is 982. The van der Waals surface area contributed by atoms with E-state index in [9.17, 15) is 4.79 Å². The molecule has 7 heteroatoms. The molecule has 0 fully saturated rings. The van der Waals surface area contributed by atoms with Crippen molar-refractivity contribution >= 4 is 46.6 Å². The van der Waals surface area contributed by atoms with Crippen molar-refractivity contribution in [1.82, 2.24) is 0 Å². The summed E-state index contributed by atoms with van der Waals surface area (Å²) in [7, 11) is 0. The van der Waals surface area contributed by atoms with E-state index in [0.717, 1.165) is 41.1 Å². The van der Waals surface area contributed by atoms with Gasteiger partial charge in [0.1, 0.15) is 12.2 Å². The second kappa shape index (κ2) is 13.5. The number of hydrogen-bond donors (Lipinski definition) is 0. The quantitative estimate of drug-likeness (QED) is 0.114. The zero-order valence-corrected chi connectivity index (χ0v) is 23.4. The molecule has 5 nitrogen and oxygen atoms in total. The topological polar surface area (TPSA) is 51.9 Å². The number of benzene rings is 1. The molecule has 0 amide bonds. The summed E-state index contributed by atoms with van der Waals surface area (Å²) < 4.78 is 17.5. The van der Waals surface area contributed by atoms with Crippen LogP contribution in [0, 0.1) is 22.0 Å². The standard InChI is InChI=1S/C27H41NO4S2/c1-8-28(9-2)21-10-11-23-22(17-21)24(18-25(33)32-23)34-15-14-30-12-13-31-26(29)27(6,7)20(5)16-19(3)4/h10-11,17-20H,8-9,12-16H2,1-7H3. The van der Waals surface area contributed by atoms with Crippen LogP contribution in [0.4, 0.5) is 5.69 Å². The van der Waals surface area contributed by atoms with Gasteiger partial charge in [-0.05, 0) is 76.4 Å². The third-order valence-corrected chi connectivity index (χ3v) is 7.57. The van der Waals surface area contributed by atoms with E-state index in [4.69, 9.17) is 26.1 Å². The lowest BCUT2D eigenvalue weighted by Crippen LogP contribution is -2.34. The fourth-order valence-electron chi connectivity index (χ4n) is 3.92. The van der Waals surface area contributed by atoms with Gasteiger partial charge in [-0.1, -0.05) is 20.8 Å². The number of nitrogens with zero attached hydrogens (tertiary/aromatic N) is 1. The molecule has 1 heterocycles. The lowest BCUT2D eigenvalue weighted by molar-refractivity contribution is -0.158. The van der Waals surface area contributed by atoms with Crippen molar-refractivity contribution in [3.8, 4) is 0 Å². The van der Waals surface area contributed by atoms with E-state index >= 15 is 0 Å². The summed E-state index contributed by atoms with van der Waals surface area (Å²) in [5.74, 6) is 1.44. The molecule has 0 aliphatic rings. The monoisotopic (exact) mass is 507 g/mol. The van der Waals surface area contributed by atoms with Crippen LogP contribution in [0.3, 0.4) is 0 Å². The molecule has 2 rings (SSSR count). The minimum atomic E-state index is -0.495. The lowest BCUT2D eigenvalue weighted by atomic mass is 9.76. The Morgan fingerprint density at radius 3 is 2.47 bits per heavy atom. The highest BCUT2D eigenvalue weighted by atomic mass is 32.2. The van der Waals surface area contributed by atoms with Crippen LogP contribution >= 0.6 is 24.0 Å². The number of hydrogen-bond acceptors (Lipinski definition) is 7. The smallest absolute Gasteiger partial charge is 0.311 e. The molecule has 190 valence electrons. The zero-order valence-electron chi connectivity index (χ0n) is 21.8. The first-order valence-electron chi connectivity index (χ1n) is 12.3. The molecule has 0 aliphatic heterocycles. The molecular weight excluding hydrogens is 466 g/mol. The predicted octanol–water partition coefficient (Wildman–Crippen LogP) is 7.37.